The van der Waals surface area contributed by atoms with Crippen LogP contribution in [0.4, 0.5) is 0 Å². The van der Waals surface area contributed by atoms with Crippen molar-refractivity contribution in [3.8, 4) is 0 Å². The molecule has 76 valence electrons. The van der Waals surface area contributed by atoms with E-state index in [4.69, 9.17) is 0 Å². The fraction of sp³-hybridized carbons (Fsp3) is 0.400. The molecule has 14 heavy (non-hydrogen) atoms. The maximum atomic E-state index is 10.4. The third-order valence-electron chi connectivity index (χ3n) is 2.21. The largest absolute Gasteiger partial charge is 0.265 e. The number of hydrogen-bond acceptors (Lipinski definition) is 2. The van der Waals surface area contributed by atoms with Crippen LogP contribution in [-0.4, -0.2) is 11.5 Å². The molecule has 0 N–H and O–H groups in total. The standard InChI is InChI=1S/C10H12BrNO2/c1-2-8(7-12(13)14)9-5-3-4-6-10(9)11/h3-6,8H,2,7H2,1H3/t8-/m1/s1. The van der Waals surface area contributed by atoms with Crippen LogP contribution in [0.25, 0.3) is 0 Å². The molecule has 1 aromatic rings. The lowest BCUT2D eigenvalue weighted by atomic mass is 9.97. The van der Waals surface area contributed by atoms with Crippen LogP contribution in [0.15, 0.2) is 28.7 Å². The Morgan fingerprint density at radius 1 is 1.50 bits per heavy atom. The molecule has 0 fully saturated rings. The number of hydrogen-bond donors (Lipinski definition) is 0. The van der Waals surface area contributed by atoms with Crippen LogP contribution in [0.5, 0.6) is 0 Å². The van der Waals surface area contributed by atoms with Gasteiger partial charge in [-0.1, -0.05) is 41.1 Å². The van der Waals surface area contributed by atoms with Gasteiger partial charge in [-0.25, -0.2) is 0 Å². The Balaban J connectivity index is 2.89. The molecule has 0 bridgehead atoms. The molecule has 1 atom stereocenters. The van der Waals surface area contributed by atoms with Gasteiger partial charge >= 0.3 is 0 Å². The minimum absolute atomic E-state index is 0.000532. The molecular formula is C10H12BrNO2. The summed E-state index contributed by atoms with van der Waals surface area (Å²) in [5, 5.41) is 10.4. The first-order chi connectivity index (χ1) is 6.65. The van der Waals surface area contributed by atoms with E-state index in [0.717, 1.165) is 16.5 Å². The molecule has 0 saturated heterocycles. The average molecular weight is 258 g/mol. The van der Waals surface area contributed by atoms with Gasteiger partial charge in [0.05, 0.1) is 0 Å². The molecule has 0 aromatic heterocycles. The first-order valence-corrected chi connectivity index (χ1v) is 5.30. The fourth-order valence-corrected chi connectivity index (χ4v) is 2.04. The second kappa shape index (κ2) is 5.10. The van der Waals surface area contributed by atoms with Gasteiger partial charge in [-0.05, 0) is 18.1 Å². The van der Waals surface area contributed by atoms with Crippen LogP contribution >= 0.6 is 15.9 Å². The molecule has 0 heterocycles. The molecule has 4 heteroatoms. The maximum Gasteiger partial charge on any atom is 0.210 e. The van der Waals surface area contributed by atoms with Gasteiger partial charge in [0.15, 0.2) is 0 Å². The molecular weight excluding hydrogens is 246 g/mol. The Morgan fingerprint density at radius 3 is 2.64 bits per heavy atom. The van der Waals surface area contributed by atoms with Crippen molar-refractivity contribution in [2.75, 3.05) is 6.54 Å². The first kappa shape index (κ1) is 11.2. The van der Waals surface area contributed by atoms with Crippen molar-refractivity contribution in [2.45, 2.75) is 19.3 Å². The fourth-order valence-electron chi connectivity index (χ4n) is 1.43. The van der Waals surface area contributed by atoms with E-state index in [0.29, 0.717) is 0 Å². The van der Waals surface area contributed by atoms with Crippen molar-refractivity contribution in [3.05, 3.63) is 44.4 Å². The second-order valence-electron chi connectivity index (χ2n) is 3.14. The van der Waals surface area contributed by atoms with Gasteiger partial charge in [0.2, 0.25) is 6.54 Å². The number of benzene rings is 1. The van der Waals surface area contributed by atoms with Gasteiger partial charge in [0.1, 0.15) is 0 Å². The second-order valence-corrected chi connectivity index (χ2v) is 4.00. The van der Waals surface area contributed by atoms with E-state index in [9.17, 15) is 10.1 Å². The van der Waals surface area contributed by atoms with Gasteiger partial charge in [-0.2, -0.15) is 0 Å². The van der Waals surface area contributed by atoms with Crippen molar-refractivity contribution in [1.29, 1.82) is 0 Å². The van der Waals surface area contributed by atoms with Crippen LogP contribution < -0.4 is 0 Å². The van der Waals surface area contributed by atoms with Gasteiger partial charge in [0, 0.05) is 15.3 Å². The van der Waals surface area contributed by atoms with Crippen molar-refractivity contribution in [2.24, 2.45) is 0 Å². The summed E-state index contributed by atoms with van der Waals surface area (Å²) in [5.74, 6) is 0.000532. The Kier molecular flexibility index (Phi) is 4.07. The lowest BCUT2D eigenvalue weighted by Gasteiger charge is -2.12. The summed E-state index contributed by atoms with van der Waals surface area (Å²) in [5.41, 5.74) is 1.02. The average Bonchev–Trinajstić information content (AvgIpc) is 2.15. The molecule has 1 rings (SSSR count). The van der Waals surface area contributed by atoms with Crippen molar-refractivity contribution in [3.63, 3.8) is 0 Å². The van der Waals surface area contributed by atoms with E-state index >= 15 is 0 Å². The van der Waals surface area contributed by atoms with Crippen LogP contribution in [0.3, 0.4) is 0 Å². The van der Waals surface area contributed by atoms with Crippen molar-refractivity contribution in [1.82, 2.24) is 0 Å². The predicted octanol–water partition coefficient (Wildman–Crippen LogP) is 3.22. The zero-order chi connectivity index (χ0) is 10.6. The van der Waals surface area contributed by atoms with E-state index in [1.54, 1.807) is 0 Å². The quantitative estimate of drug-likeness (QED) is 0.614. The summed E-state index contributed by atoms with van der Waals surface area (Å²) in [7, 11) is 0. The highest BCUT2D eigenvalue weighted by Gasteiger charge is 2.17. The highest BCUT2D eigenvalue weighted by molar-refractivity contribution is 9.10. The van der Waals surface area contributed by atoms with E-state index in [1.807, 2.05) is 31.2 Å². The molecule has 0 unspecified atom stereocenters. The van der Waals surface area contributed by atoms with Gasteiger partial charge in [-0.15, -0.1) is 0 Å². The van der Waals surface area contributed by atoms with E-state index in [-0.39, 0.29) is 17.4 Å². The summed E-state index contributed by atoms with van der Waals surface area (Å²) >= 11 is 3.41. The number of nitrogens with zero attached hydrogens (tertiary/aromatic N) is 1. The smallest absolute Gasteiger partial charge is 0.210 e. The Labute approximate surface area is 91.4 Å². The Bertz CT molecular complexity index is 328. The minimum atomic E-state index is -0.256. The lowest BCUT2D eigenvalue weighted by molar-refractivity contribution is -0.483. The number of rotatable bonds is 4. The summed E-state index contributed by atoms with van der Waals surface area (Å²) in [4.78, 5) is 10.2. The molecule has 3 nitrogen and oxygen atoms in total. The third-order valence-corrected chi connectivity index (χ3v) is 2.93. The summed E-state index contributed by atoms with van der Waals surface area (Å²) in [6, 6.07) is 7.66. The normalized spacial score (nSPS) is 12.4. The number of halogens is 1. The molecule has 0 saturated carbocycles. The Hall–Kier alpha value is -0.900. The molecule has 1 aromatic carbocycles. The van der Waals surface area contributed by atoms with E-state index in [2.05, 4.69) is 15.9 Å². The highest BCUT2D eigenvalue weighted by Crippen LogP contribution is 2.27. The van der Waals surface area contributed by atoms with Crippen LogP contribution in [0, 0.1) is 10.1 Å². The highest BCUT2D eigenvalue weighted by atomic mass is 79.9. The maximum absolute atomic E-state index is 10.4. The van der Waals surface area contributed by atoms with E-state index < -0.39 is 0 Å². The molecule has 0 radical (unpaired) electrons. The van der Waals surface area contributed by atoms with Crippen LogP contribution in [-0.2, 0) is 0 Å². The van der Waals surface area contributed by atoms with Crippen LogP contribution in [0.2, 0.25) is 0 Å². The molecule has 0 aliphatic heterocycles. The molecule has 0 spiro atoms. The lowest BCUT2D eigenvalue weighted by Crippen LogP contribution is -2.12. The van der Waals surface area contributed by atoms with Gasteiger partial charge < -0.3 is 0 Å². The van der Waals surface area contributed by atoms with Gasteiger partial charge in [-0.3, -0.25) is 10.1 Å². The summed E-state index contributed by atoms with van der Waals surface area (Å²) in [6.07, 6.45) is 0.781. The van der Waals surface area contributed by atoms with Crippen LogP contribution in [0.1, 0.15) is 24.8 Å². The topological polar surface area (TPSA) is 43.1 Å². The zero-order valence-corrected chi connectivity index (χ0v) is 9.53. The summed E-state index contributed by atoms with van der Waals surface area (Å²) < 4.78 is 0.953. The molecule has 0 aliphatic carbocycles. The predicted molar refractivity (Wildman–Crippen MR) is 59.0 cm³/mol. The first-order valence-electron chi connectivity index (χ1n) is 4.51. The van der Waals surface area contributed by atoms with Gasteiger partial charge in [0.25, 0.3) is 0 Å². The van der Waals surface area contributed by atoms with Crippen molar-refractivity contribution >= 4 is 15.9 Å². The number of nitro groups is 1. The molecule has 0 amide bonds. The third kappa shape index (κ3) is 2.80. The summed E-state index contributed by atoms with van der Waals surface area (Å²) in [6.45, 7) is 1.96. The minimum Gasteiger partial charge on any atom is -0.265 e. The monoisotopic (exact) mass is 257 g/mol. The zero-order valence-electron chi connectivity index (χ0n) is 7.94. The van der Waals surface area contributed by atoms with Crippen molar-refractivity contribution < 1.29 is 4.92 Å². The Morgan fingerprint density at radius 2 is 2.14 bits per heavy atom. The SMILES string of the molecule is CC[C@H](C[N+](=O)[O-])c1ccccc1Br. The van der Waals surface area contributed by atoms with E-state index in [1.165, 1.54) is 0 Å². The molecule has 0 aliphatic rings.